The highest BCUT2D eigenvalue weighted by Crippen LogP contribution is 2.34. The van der Waals surface area contributed by atoms with Crippen molar-refractivity contribution in [1.29, 1.82) is 0 Å². The quantitative estimate of drug-likeness (QED) is 0.261. The topological polar surface area (TPSA) is 40.2 Å². The first-order chi connectivity index (χ1) is 17.7. The van der Waals surface area contributed by atoms with Crippen molar-refractivity contribution in [2.24, 2.45) is 0 Å². The van der Waals surface area contributed by atoms with E-state index in [2.05, 4.69) is 65.6 Å². The molecule has 4 aromatic carbocycles. The average Bonchev–Trinajstić information content (AvgIpc) is 2.94. The number of methoxy groups -OCH3 is 2. The molecular formula is C31H34ClNO4. The first kappa shape index (κ1) is 26.8. The summed E-state index contributed by atoms with van der Waals surface area (Å²) in [5.74, 6) is 2.63. The number of nitrogens with zero attached hydrogens (tertiary/aromatic N) is 1. The molecule has 1 aliphatic heterocycles. The van der Waals surface area contributed by atoms with Gasteiger partial charge in [-0.1, -0.05) is 42.5 Å². The molecule has 0 aromatic heterocycles. The first-order valence-electron chi connectivity index (χ1n) is 12.5. The van der Waals surface area contributed by atoms with Gasteiger partial charge in [0.25, 0.3) is 0 Å². The minimum atomic E-state index is 0. The van der Waals surface area contributed by atoms with E-state index in [1.54, 1.807) is 14.2 Å². The lowest BCUT2D eigenvalue weighted by atomic mass is 9.90. The van der Waals surface area contributed by atoms with Gasteiger partial charge in [0.2, 0.25) is 0 Å². The summed E-state index contributed by atoms with van der Waals surface area (Å²) in [6, 6.07) is 27.5. The van der Waals surface area contributed by atoms with Crippen molar-refractivity contribution in [3.05, 3.63) is 90.0 Å². The highest BCUT2D eigenvalue weighted by Gasteiger charge is 2.13. The molecule has 0 unspecified atom stereocenters. The summed E-state index contributed by atoms with van der Waals surface area (Å²) in [4.78, 5) is 2.38. The standard InChI is InChI=1S/C31H33NO4.ClH/c1-33-26-10-5-24(6-11-26)29-13-7-25-22-28(34-2)12-14-30(25)31(29)21-23-3-8-27(9-4-23)36-20-17-32-15-18-35-19-16-32;/h3-14,22H,15-21H2,1-2H3;1H. The largest absolute Gasteiger partial charge is 0.497 e. The molecule has 5 rings (SSSR count). The van der Waals surface area contributed by atoms with Crippen molar-refractivity contribution in [3.63, 3.8) is 0 Å². The predicted molar refractivity (Wildman–Crippen MR) is 152 cm³/mol. The number of hydrogen-bond acceptors (Lipinski definition) is 5. The Balaban J connectivity index is 0.00000320. The zero-order chi connectivity index (χ0) is 24.7. The molecule has 5 nitrogen and oxygen atoms in total. The van der Waals surface area contributed by atoms with Gasteiger partial charge in [0.1, 0.15) is 23.9 Å². The molecule has 37 heavy (non-hydrogen) atoms. The Morgan fingerprint density at radius 2 is 1.43 bits per heavy atom. The zero-order valence-electron chi connectivity index (χ0n) is 21.4. The zero-order valence-corrected chi connectivity index (χ0v) is 22.3. The fraction of sp³-hybridized carbons (Fsp3) is 0.290. The number of hydrogen-bond donors (Lipinski definition) is 0. The van der Waals surface area contributed by atoms with Crippen LogP contribution in [0, 0.1) is 0 Å². The number of fused-ring (bicyclic) bond motifs is 1. The predicted octanol–water partition coefficient (Wildman–Crippen LogP) is 6.25. The summed E-state index contributed by atoms with van der Waals surface area (Å²) < 4.78 is 22.3. The number of halogens is 1. The SMILES string of the molecule is COc1ccc(-c2ccc3cc(OC)ccc3c2Cc2ccc(OCCN3CCOCC3)cc2)cc1.Cl. The number of ether oxygens (including phenoxy) is 4. The molecule has 0 bridgehead atoms. The van der Waals surface area contributed by atoms with Crippen LogP contribution in [0.3, 0.4) is 0 Å². The molecule has 4 aromatic rings. The maximum atomic E-state index is 6.02. The third-order valence-corrected chi connectivity index (χ3v) is 6.82. The minimum Gasteiger partial charge on any atom is -0.497 e. The summed E-state index contributed by atoms with van der Waals surface area (Å²) >= 11 is 0. The van der Waals surface area contributed by atoms with E-state index in [9.17, 15) is 0 Å². The van der Waals surface area contributed by atoms with Crippen molar-refractivity contribution in [2.45, 2.75) is 6.42 Å². The minimum absolute atomic E-state index is 0. The molecule has 1 heterocycles. The molecule has 0 aliphatic carbocycles. The third-order valence-electron chi connectivity index (χ3n) is 6.82. The van der Waals surface area contributed by atoms with E-state index in [1.807, 2.05) is 18.2 Å². The second kappa shape index (κ2) is 12.8. The number of morpholine rings is 1. The Morgan fingerprint density at radius 3 is 2.14 bits per heavy atom. The second-order valence-corrected chi connectivity index (χ2v) is 9.03. The molecule has 0 N–H and O–H groups in total. The van der Waals surface area contributed by atoms with Crippen LogP contribution in [0.15, 0.2) is 78.9 Å². The van der Waals surface area contributed by atoms with Crippen LogP contribution in [0.4, 0.5) is 0 Å². The van der Waals surface area contributed by atoms with Gasteiger partial charge in [0.15, 0.2) is 0 Å². The fourth-order valence-corrected chi connectivity index (χ4v) is 4.76. The van der Waals surface area contributed by atoms with Crippen LogP contribution in [0.1, 0.15) is 11.1 Å². The van der Waals surface area contributed by atoms with E-state index in [0.717, 1.165) is 56.5 Å². The van der Waals surface area contributed by atoms with Gasteiger partial charge in [0, 0.05) is 19.6 Å². The van der Waals surface area contributed by atoms with Crippen LogP contribution in [-0.4, -0.2) is 58.6 Å². The van der Waals surface area contributed by atoms with Gasteiger partial charge in [-0.15, -0.1) is 12.4 Å². The molecule has 0 radical (unpaired) electrons. The van der Waals surface area contributed by atoms with Gasteiger partial charge >= 0.3 is 0 Å². The van der Waals surface area contributed by atoms with Crippen LogP contribution in [-0.2, 0) is 11.2 Å². The molecule has 0 atom stereocenters. The van der Waals surface area contributed by atoms with E-state index in [1.165, 1.54) is 33.0 Å². The van der Waals surface area contributed by atoms with Gasteiger partial charge in [-0.2, -0.15) is 0 Å². The van der Waals surface area contributed by atoms with Crippen LogP contribution in [0.2, 0.25) is 0 Å². The summed E-state index contributed by atoms with van der Waals surface area (Å²) in [5, 5.41) is 2.40. The Kier molecular flexibility index (Phi) is 9.29. The Hall–Kier alpha value is -3.25. The molecule has 1 aliphatic rings. The van der Waals surface area contributed by atoms with Crippen LogP contribution >= 0.6 is 12.4 Å². The van der Waals surface area contributed by atoms with Crippen molar-refractivity contribution in [3.8, 4) is 28.4 Å². The van der Waals surface area contributed by atoms with Gasteiger partial charge in [0.05, 0.1) is 27.4 Å². The molecule has 6 heteroatoms. The van der Waals surface area contributed by atoms with Crippen LogP contribution in [0.25, 0.3) is 21.9 Å². The molecule has 1 fully saturated rings. The summed E-state index contributed by atoms with van der Waals surface area (Å²) in [5.41, 5.74) is 4.93. The molecule has 0 amide bonds. The molecule has 1 saturated heterocycles. The van der Waals surface area contributed by atoms with Crippen molar-refractivity contribution in [1.82, 2.24) is 4.90 Å². The van der Waals surface area contributed by atoms with Crippen molar-refractivity contribution in [2.75, 3.05) is 53.7 Å². The lowest BCUT2D eigenvalue weighted by molar-refractivity contribution is 0.0322. The van der Waals surface area contributed by atoms with E-state index in [4.69, 9.17) is 18.9 Å². The molecule has 194 valence electrons. The first-order valence-corrected chi connectivity index (χ1v) is 12.5. The number of rotatable bonds is 9. The van der Waals surface area contributed by atoms with Gasteiger partial charge in [-0.05, 0) is 75.8 Å². The Bertz CT molecular complexity index is 1290. The highest BCUT2D eigenvalue weighted by molar-refractivity contribution is 5.93. The molecule has 0 saturated carbocycles. The van der Waals surface area contributed by atoms with Gasteiger partial charge in [-0.25, -0.2) is 0 Å². The van der Waals surface area contributed by atoms with Crippen molar-refractivity contribution < 1.29 is 18.9 Å². The summed E-state index contributed by atoms with van der Waals surface area (Å²) in [6.07, 6.45) is 0.819. The van der Waals surface area contributed by atoms with Crippen LogP contribution < -0.4 is 14.2 Å². The summed E-state index contributed by atoms with van der Waals surface area (Å²) in [6.45, 7) is 5.20. The van der Waals surface area contributed by atoms with Gasteiger partial charge in [-0.3, -0.25) is 4.90 Å². The third kappa shape index (κ3) is 6.55. The maximum absolute atomic E-state index is 6.02. The Labute approximate surface area is 225 Å². The van der Waals surface area contributed by atoms with E-state index in [0.29, 0.717) is 6.61 Å². The van der Waals surface area contributed by atoms with Crippen LogP contribution in [0.5, 0.6) is 17.2 Å². The lowest BCUT2D eigenvalue weighted by Gasteiger charge is -2.26. The average molecular weight is 520 g/mol. The summed E-state index contributed by atoms with van der Waals surface area (Å²) in [7, 11) is 3.40. The smallest absolute Gasteiger partial charge is 0.119 e. The van der Waals surface area contributed by atoms with E-state index < -0.39 is 0 Å². The Morgan fingerprint density at radius 1 is 0.757 bits per heavy atom. The monoisotopic (exact) mass is 519 g/mol. The fourth-order valence-electron chi connectivity index (χ4n) is 4.76. The highest BCUT2D eigenvalue weighted by atomic mass is 35.5. The van der Waals surface area contributed by atoms with Gasteiger partial charge < -0.3 is 18.9 Å². The molecule has 0 spiro atoms. The second-order valence-electron chi connectivity index (χ2n) is 9.03. The van der Waals surface area contributed by atoms with Crippen molar-refractivity contribution >= 4 is 23.2 Å². The maximum Gasteiger partial charge on any atom is 0.119 e. The lowest BCUT2D eigenvalue weighted by Crippen LogP contribution is -2.38. The normalized spacial score (nSPS) is 13.7. The van der Waals surface area contributed by atoms with E-state index >= 15 is 0 Å². The number of benzene rings is 4. The molecular weight excluding hydrogens is 486 g/mol. The van der Waals surface area contributed by atoms with E-state index in [-0.39, 0.29) is 12.4 Å².